The SMILES string of the molecule is C=C(C)C(C(=O)OCC(Cl)(Cl)Cl)N1C(=O)[C@@H](C(CC)O[Si](C)(C)C(C)(C)C)[C@H]1SSc1nc2ccccc2s1. The lowest BCUT2D eigenvalue weighted by molar-refractivity contribution is -0.169. The van der Waals surface area contributed by atoms with Crippen molar-refractivity contribution in [3.8, 4) is 0 Å². The van der Waals surface area contributed by atoms with Gasteiger partial charge in [-0.05, 0) is 60.0 Å². The van der Waals surface area contributed by atoms with Crippen molar-refractivity contribution >= 4 is 98.1 Å². The van der Waals surface area contributed by atoms with Crippen molar-refractivity contribution in [3.05, 3.63) is 36.4 Å². The van der Waals surface area contributed by atoms with Gasteiger partial charge in [0.25, 0.3) is 0 Å². The fraction of sp³-hybridized carbons (Fsp3) is 0.577. The minimum Gasteiger partial charge on any atom is -0.459 e. The van der Waals surface area contributed by atoms with Crippen LogP contribution in [0.4, 0.5) is 0 Å². The highest BCUT2D eigenvalue weighted by atomic mass is 35.6. The van der Waals surface area contributed by atoms with Crippen LogP contribution in [0.25, 0.3) is 10.2 Å². The number of para-hydroxylation sites is 1. The molecular weight excluding hydrogens is 635 g/mol. The molecule has 1 aromatic carbocycles. The molecule has 1 aliphatic heterocycles. The number of nitrogens with zero attached hydrogens (tertiary/aromatic N) is 2. The van der Waals surface area contributed by atoms with Crippen LogP contribution in [0.3, 0.4) is 0 Å². The monoisotopic (exact) mass is 668 g/mol. The fourth-order valence-corrected chi connectivity index (χ4v) is 9.65. The van der Waals surface area contributed by atoms with E-state index in [9.17, 15) is 9.59 Å². The summed E-state index contributed by atoms with van der Waals surface area (Å²) in [7, 11) is 0.805. The molecule has 1 aromatic heterocycles. The van der Waals surface area contributed by atoms with E-state index in [1.807, 2.05) is 31.2 Å². The summed E-state index contributed by atoms with van der Waals surface area (Å²) in [5.41, 5.74) is 1.39. The topological polar surface area (TPSA) is 68.7 Å². The molecule has 4 atom stereocenters. The van der Waals surface area contributed by atoms with Gasteiger partial charge in [-0.25, -0.2) is 9.78 Å². The van der Waals surface area contributed by atoms with E-state index in [4.69, 9.17) is 48.9 Å². The molecule has 1 fully saturated rings. The summed E-state index contributed by atoms with van der Waals surface area (Å²) in [4.78, 5) is 33.2. The van der Waals surface area contributed by atoms with Gasteiger partial charge in [-0.15, -0.1) is 11.3 Å². The lowest BCUT2D eigenvalue weighted by Crippen LogP contribution is -2.68. The van der Waals surface area contributed by atoms with Crippen LogP contribution in [0.15, 0.2) is 40.8 Å². The van der Waals surface area contributed by atoms with Crippen LogP contribution in [0.2, 0.25) is 18.1 Å². The number of fused-ring (bicyclic) bond motifs is 1. The van der Waals surface area contributed by atoms with Gasteiger partial charge >= 0.3 is 5.97 Å². The second-order valence-electron chi connectivity index (χ2n) is 11.1. The van der Waals surface area contributed by atoms with E-state index in [2.05, 4.69) is 40.4 Å². The molecule has 0 saturated carbocycles. The number of thiazole rings is 1. The summed E-state index contributed by atoms with van der Waals surface area (Å²) in [5, 5.41) is -0.404. The number of aromatic nitrogens is 1. The van der Waals surface area contributed by atoms with Crippen LogP contribution in [-0.2, 0) is 18.8 Å². The zero-order valence-corrected chi connectivity index (χ0v) is 28.8. The standard InChI is InChI=1S/C26H35Cl3N2O4S3Si/c1-9-17(35-39(7,8)25(4,5)6)19-21(32)31(20(15(2)3)23(33)34-14-26(27,28)29)22(19)37-38-24-30-16-12-10-11-13-18(16)36-24/h10-13,17,19-20,22H,2,9,14H2,1,3-8H3/t17?,19-,20?,22-/m1/s1. The maximum Gasteiger partial charge on any atom is 0.333 e. The highest BCUT2D eigenvalue weighted by Crippen LogP contribution is 2.50. The number of carbonyl (C=O) groups is 2. The van der Waals surface area contributed by atoms with Crippen LogP contribution in [0.1, 0.15) is 41.0 Å². The third-order valence-electron chi connectivity index (χ3n) is 7.01. The number of carbonyl (C=O) groups excluding carboxylic acids is 2. The van der Waals surface area contributed by atoms with E-state index in [0.29, 0.717) is 12.0 Å². The number of alkyl halides is 3. The zero-order chi connectivity index (χ0) is 29.3. The lowest BCUT2D eigenvalue weighted by atomic mass is 9.87. The highest BCUT2D eigenvalue weighted by molar-refractivity contribution is 8.77. The molecule has 39 heavy (non-hydrogen) atoms. The first kappa shape index (κ1) is 33.0. The molecule has 6 nitrogen and oxygen atoms in total. The molecule has 0 spiro atoms. The maximum atomic E-state index is 13.8. The molecule has 2 heterocycles. The largest absolute Gasteiger partial charge is 0.459 e. The number of hydrogen-bond acceptors (Lipinski definition) is 8. The Balaban J connectivity index is 1.91. The molecule has 2 unspecified atom stereocenters. The summed E-state index contributed by atoms with van der Waals surface area (Å²) >= 11 is 19.0. The highest BCUT2D eigenvalue weighted by Gasteiger charge is 2.57. The maximum absolute atomic E-state index is 13.8. The van der Waals surface area contributed by atoms with Gasteiger partial charge in [0.1, 0.15) is 12.0 Å². The first-order valence-corrected chi connectivity index (χ1v) is 19.6. The van der Waals surface area contributed by atoms with Gasteiger partial charge < -0.3 is 14.1 Å². The minimum atomic E-state index is -2.18. The Bertz CT molecular complexity index is 1180. The molecule has 3 rings (SSSR count). The number of β-lactam (4-membered cyclic amide) rings is 1. The average molecular weight is 670 g/mol. The third-order valence-corrected chi connectivity index (χ3v) is 15.9. The molecule has 2 aromatic rings. The second-order valence-corrected chi connectivity index (χ2v) is 22.0. The molecular formula is C26H35Cl3N2O4S3Si. The van der Waals surface area contributed by atoms with E-state index in [-0.39, 0.29) is 22.4 Å². The van der Waals surface area contributed by atoms with Crippen LogP contribution in [0, 0.1) is 5.92 Å². The molecule has 1 saturated heterocycles. The van der Waals surface area contributed by atoms with Crippen molar-refractivity contribution < 1.29 is 18.8 Å². The van der Waals surface area contributed by atoms with Gasteiger partial charge in [-0.1, -0.05) is 92.0 Å². The van der Waals surface area contributed by atoms with Gasteiger partial charge in [0.05, 0.1) is 22.2 Å². The smallest absolute Gasteiger partial charge is 0.333 e. The number of esters is 1. The lowest BCUT2D eigenvalue weighted by Gasteiger charge is -2.53. The van der Waals surface area contributed by atoms with E-state index in [1.54, 1.807) is 18.3 Å². The summed E-state index contributed by atoms with van der Waals surface area (Å²) in [5.74, 6) is -1.31. The van der Waals surface area contributed by atoms with Gasteiger partial charge in [0.15, 0.2) is 18.7 Å². The predicted molar refractivity (Wildman–Crippen MR) is 169 cm³/mol. The number of rotatable bonds is 11. The van der Waals surface area contributed by atoms with E-state index in [0.717, 1.165) is 14.6 Å². The Morgan fingerprint density at radius 3 is 2.44 bits per heavy atom. The average Bonchev–Trinajstić information content (AvgIpc) is 3.23. The molecule has 13 heteroatoms. The summed E-state index contributed by atoms with van der Waals surface area (Å²) in [6.07, 6.45) is 0.362. The summed E-state index contributed by atoms with van der Waals surface area (Å²) in [6, 6.07) is 6.92. The minimum absolute atomic E-state index is 0.0213. The van der Waals surface area contributed by atoms with Crippen molar-refractivity contribution in [1.82, 2.24) is 9.88 Å². The molecule has 0 bridgehead atoms. The molecule has 1 aliphatic rings. The van der Waals surface area contributed by atoms with Crippen molar-refractivity contribution in [2.45, 2.75) is 84.8 Å². The summed E-state index contributed by atoms with van der Waals surface area (Å²) < 4.78 is 12.2. The zero-order valence-electron chi connectivity index (χ0n) is 23.1. The van der Waals surface area contributed by atoms with Crippen LogP contribution < -0.4 is 0 Å². The number of likely N-dealkylation sites (tertiary alicyclic amines) is 1. The van der Waals surface area contributed by atoms with Crippen molar-refractivity contribution in [2.24, 2.45) is 5.92 Å². The van der Waals surface area contributed by atoms with Crippen molar-refractivity contribution in [2.75, 3.05) is 6.61 Å². The van der Waals surface area contributed by atoms with Gasteiger partial charge in [-0.3, -0.25) is 4.79 Å². The third kappa shape index (κ3) is 7.88. The Kier molecular flexibility index (Phi) is 10.9. The van der Waals surface area contributed by atoms with Gasteiger partial charge in [0.2, 0.25) is 9.70 Å². The summed E-state index contributed by atoms with van der Waals surface area (Å²) in [6.45, 7) is 18.1. The molecule has 0 radical (unpaired) electrons. The van der Waals surface area contributed by atoms with E-state index in [1.165, 1.54) is 26.5 Å². The number of benzene rings is 1. The van der Waals surface area contributed by atoms with Gasteiger partial charge in [-0.2, -0.15) is 0 Å². The number of ether oxygens (including phenoxy) is 1. The Labute approximate surface area is 259 Å². The fourth-order valence-electron chi connectivity index (χ4n) is 3.96. The quantitative estimate of drug-likeness (QED) is 0.0594. The molecule has 216 valence electrons. The van der Waals surface area contributed by atoms with Crippen molar-refractivity contribution in [1.29, 1.82) is 0 Å². The number of hydrogen-bond donors (Lipinski definition) is 0. The van der Waals surface area contributed by atoms with Crippen LogP contribution in [-0.4, -0.2) is 58.0 Å². The first-order chi connectivity index (χ1) is 18.0. The van der Waals surface area contributed by atoms with Gasteiger partial charge in [0, 0.05) is 0 Å². The normalized spacial score (nSPS) is 20.1. The second kappa shape index (κ2) is 12.8. The van der Waals surface area contributed by atoms with Crippen LogP contribution in [0.5, 0.6) is 0 Å². The Hall–Kier alpha value is -0.463. The molecule has 0 aliphatic carbocycles. The van der Waals surface area contributed by atoms with E-state index < -0.39 is 36.6 Å². The number of halogens is 3. The van der Waals surface area contributed by atoms with Crippen molar-refractivity contribution in [3.63, 3.8) is 0 Å². The molecule has 1 amide bonds. The molecule has 0 N–H and O–H groups in total. The predicted octanol–water partition coefficient (Wildman–Crippen LogP) is 8.48. The Morgan fingerprint density at radius 2 is 1.90 bits per heavy atom. The number of amides is 1. The van der Waals surface area contributed by atoms with Crippen LogP contribution >= 0.6 is 67.7 Å². The Morgan fingerprint density at radius 1 is 1.26 bits per heavy atom. The first-order valence-electron chi connectivity index (χ1n) is 12.5. The van der Waals surface area contributed by atoms with E-state index >= 15 is 0 Å².